The van der Waals surface area contributed by atoms with E-state index >= 15 is 0 Å². The maximum atomic E-state index is 12.1. The molecular formula is C18H25N3O2. The third-order valence-corrected chi connectivity index (χ3v) is 4.30. The number of carbonyl (C=O) groups excluding carboxylic acids is 1. The molecule has 0 spiro atoms. The van der Waals surface area contributed by atoms with Gasteiger partial charge in [-0.2, -0.15) is 0 Å². The van der Waals surface area contributed by atoms with Crippen molar-refractivity contribution in [3.8, 4) is 0 Å². The van der Waals surface area contributed by atoms with E-state index in [-0.39, 0.29) is 17.4 Å². The fraction of sp³-hybridized carbons (Fsp3) is 0.556. The number of fused-ring (bicyclic) bond motifs is 1. The highest BCUT2D eigenvalue weighted by Crippen LogP contribution is 2.24. The van der Waals surface area contributed by atoms with E-state index in [4.69, 9.17) is 9.40 Å². The van der Waals surface area contributed by atoms with Gasteiger partial charge in [-0.05, 0) is 18.6 Å². The van der Waals surface area contributed by atoms with Crippen LogP contribution in [0.25, 0.3) is 0 Å². The number of rotatable bonds is 4. The second-order valence-corrected chi connectivity index (χ2v) is 7.33. The number of carbonyl (C=O) groups is 1. The SMILES string of the molecule is CC(C)(C)c1cn2c(n1)CC[C@@H](NC(=O)CCc1ccco1)C2. The number of furan rings is 1. The molecule has 1 atom stereocenters. The maximum Gasteiger partial charge on any atom is 0.220 e. The van der Waals surface area contributed by atoms with Gasteiger partial charge in [-0.1, -0.05) is 20.8 Å². The van der Waals surface area contributed by atoms with E-state index in [2.05, 4.69) is 36.9 Å². The lowest BCUT2D eigenvalue weighted by Gasteiger charge is -2.24. The molecule has 0 fully saturated rings. The van der Waals surface area contributed by atoms with Crippen molar-refractivity contribution < 1.29 is 9.21 Å². The summed E-state index contributed by atoms with van der Waals surface area (Å²) in [6.07, 6.45) is 6.76. The minimum Gasteiger partial charge on any atom is -0.469 e. The van der Waals surface area contributed by atoms with E-state index < -0.39 is 0 Å². The van der Waals surface area contributed by atoms with E-state index in [0.717, 1.165) is 36.7 Å². The van der Waals surface area contributed by atoms with Crippen LogP contribution in [0.5, 0.6) is 0 Å². The third kappa shape index (κ3) is 3.84. The fourth-order valence-corrected chi connectivity index (χ4v) is 2.91. The summed E-state index contributed by atoms with van der Waals surface area (Å²) in [5.74, 6) is 2.08. The van der Waals surface area contributed by atoms with Gasteiger partial charge < -0.3 is 14.3 Å². The number of imidazole rings is 1. The normalized spacial score (nSPS) is 17.8. The van der Waals surface area contributed by atoms with Crippen LogP contribution in [0.2, 0.25) is 0 Å². The Bertz CT molecular complexity index is 665. The first-order chi connectivity index (χ1) is 10.9. The molecule has 1 aliphatic heterocycles. The average Bonchev–Trinajstić information content (AvgIpc) is 3.13. The molecule has 3 rings (SSSR count). The first-order valence-electron chi connectivity index (χ1n) is 8.30. The molecule has 0 aliphatic carbocycles. The Morgan fingerprint density at radius 2 is 2.30 bits per heavy atom. The summed E-state index contributed by atoms with van der Waals surface area (Å²) >= 11 is 0. The van der Waals surface area contributed by atoms with E-state index in [0.29, 0.717) is 12.8 Å². The number of amides is 1. The lowest BCUT2D eigenvalue weighted by atomic mass is 9.93. The first-order valence-corrected chi connectivity index (χ1v) is 8.30. The van der Waals surface area contributed by atoms with Crippen molar-refractivity contribution in [2.75, 3.05) is 0 Å². The van der Waals surface area contributed by atoms with Gasteiger partial charge in [0.1, 0.15) is 11.6 Å². The molecule has 5 heteroatoms. The molecule has 0 unspecified atom stereocenters. The lowest BCUT2D eigenvalue weighted by Crippen LogP contribution is -2.40. The van der Waals surface area contributed by atoms with Gasteiger partial charge in [0.2, 0.25) is 5.91 Å². The number of aryl methyl sites for hydroxylation is 2. The Labute approximate surface area is 137 Å². The predicted octanol–water partition coefficient (Wildman–Crippen LogP) is 2.84. The van der Waals surface area contributed by atoms with Crippen molar-refractivity contribution in [2.24, 2.45) is 0 Å². The molecule has 5 nitrogen and oxygen atoms in total. The van der Waals surface area contributed by atoms with Crippen molar-refractivity contribution in [1.29, 1.82) is 0 Å². The minimum atomic E-state index is 0.0616. The van der Waals surface area contributed by atoms with E-state index in [1.54, 1.807) is 6.26 Å². The molecule has 0 saturated carbocycles. The predicted molar refractivity (Wildman–Crippen MR) is 88.2 cm³/mol. The Hall–Kier alpha value is -2.04. The van der Waals surface area contributed by atoms with Gasteiger partial charge in [-0.15, -0.1) is 0 Å². The van der Waals surface area contributed by atoms with Crippen LogP contribution in [0.4, 0.5) is 0 Å². The molecule has 2 aromatic rings. The summed E-state index contributed by atoms with van der Waals surface area (Å²) in [6, 6.07) is 3.94. The second-order valence-electron chi connectivity index (χ2n) is 7.33. The van der Waals surface area contributed by atoms with E-state index in [9.17, 15) is 4.79 Å². The minimum absolute atomic E-state index is 0.0616. The van der Waals surface area contributed by atoms with Gasteiger partial charge in [0.25, 0.3) is 0 Å². The van der Waals surface area contributed by atoms with Crippen molar-refractivity contribution in [3.05, 3.63) is 41.9 Å². The first kappa shape index (κ1) is 15.8. The zero-order valence-corrected chi connectivity index (χ0v) is 14.1. The topological polar surface area (TPSA) is 60.1 Å². The summed E-state index contributed by atoms with van der Waals surface area (Å²) in [6.45, 7) is 7.34. The zero-order chi connectivity index (χ0) is 16.4. The smallest absolute Gasteiger partial charge is 0.220 e. The van der Waals surface area contributed by atoms with Gasteiger partial charge in [-0.25, -0.2) is 4.98 Å². The number of hydrogen-bond acceptors (Lipinski definition) is 3. The Kier molecular flexibility index (Phi) is 4.28. The zero-order valence-electron chi connectivity index (χ0n) is 14.1. The molecule has 124 valence electrons. The average molecular weight is 315 g/mol. The molecule has 1 N–H and O–H groups in total. The third-order valence-electron chi connectivity index (χ3n) is 4.30. The van der Waals surface area contributed by atoms with Crippen LogP contribution < -0.4 is 5.32 Å². The van der Waals surface area contributed by atoms with E-state index in [1.165, 1.54) is 0 Å². The monoisotopic (exact) mass is 315 g/mol. The van der Waals surface area contributed by atoms with Crippen LogP contribution in [-0.4, -0.2) is 21.5 Å². The Morgan fingerprint density at radius 1 is 1.48 bits per heavy atom. The van der Waals surface area contributed by atoms with Gasteiger partial charge in [-0.3, -0.25) is 4.79 Å². The number of nitrogens with one attached hydrogen (secondary N) is 1. The van der Waals surface area contributed by atoms with Crippen molar-refractivity contribution >= 4 is 5.91 Å². The highest BCUT2D eigenvalue weighted by Gasteiger charge is 2.25. The van der Waals surface area contributed by atoms with Crippen LogP contribution in [0, 0.1) is 0 Å². The molecule has 3 heterocycles. The van der Waals surface area contributed by atoms with Crippen LogP contribution in [-0.2, 0) is 29.6 Å². The molecular weight excluding hydrogens is 290 g/mol. The van der Waals surface area contributed by atoms with Gasteiger partial charge >= 0.3 is 0 Å². The quantitative estimate of drug-likeness (QED) is 0.944. The van der Waals surface area contributed by atoms with Gasteiger partial charge in [0.05, 0.1) is 12.0 Å². The number of hydrogen-bond donors (Lipinski definition) is 1. The number of aromatic nitrogens is 2. The summed E-state index contributed by atoms with van der Waals surface area (Å²) in [4.78, 5) is 16.8. The molecule has 0 radical (unpaired) electrons. The van der Waals surface area contributed by atoms with Crippen molar-refractivity contribution in [1.82, 2.24) is 14.9 Å². The molecule has 0 aromatic carbocycles. The van der Waals surface area contributed by atoms with Crippen LogP contribution in [0.3, 0.4) is 0 Å². The Morgan fingerprint density at radius 3 is 3.00 bits per heavy atom. The van der Waals surface area contributed by atoms with Crippen LogP contribution >= 0.6 is 0 Å². The van der Waals surface area contributed by atoms with Crippen LogP contribution in [0.15, 0.2) is 29.0 Å². The largest absolute Gasteiger partial charge is 0.469 e. The second kappa shape index (κ2) is 6.22. The molecule has 23 heavy (non-hydrogen) atoms. The number of nitrogens with zero attached hydrogens (tertiary/aromatic N) is 2. The standard InChI is InChI=1S/C18H25N3O2/c1-18(2,3)15-12-21-11-13(6-8-16(21)20-15)19-17(22)9-7-14-5-4-10-23-14/h4-5,10,12-13H,6-9,11H2,1-3H3,(H,19,22)/t13-/m1/s1. The van der Waals surface area contributed by atoms with E-state index in [1.807, 2.05) is 12.1 Å². The van der Waals surface area contributed by atoms with Crippen LogP contribution in [0.1, 0.15) is 50.9 Å². The highest BCUT2D eigenvalue weighted by molar-refractivity contribution is 5.76. The summed E-state index contributed by atoms with van der Waals surface area (Å²) in [5, 5.41) is 3.14. The summed E-state index contributed by atoms with van der Waals surface area (Å²) < 4.78 is 7.46. The fourth-order valence-electron chi connectivity index (χ4n) is 2.91. The maximum absolute atomic E-state index is 12.1. The molecule has 1 aliphatic rings. The summed E-state index contributed by atoms with van der Waals surface area (Å²) in [7, 11) is 0. The van der Waals surface area contributed by atoms with Gasteiger partial charge in [0, 0.05) is 43.5 Å². The molecule has 2 aromatic heterocycles. The van der Waals surface area contributed by atoms with Crippen molar-refractivity contribution in [3.63, 3.8) is 0 Å². The highest BCUT2D eigenvalue weighted by atomic mass is 16.3. The Balaban J connectivity index is 1.55. The van der Waals surface area contributed by atoms with Gasteiger partial charge in [0.15, 0.2) is 0 Å². The molecule has 1 amide bonds. The van der Waals surface area contributed by atoms with Crippen molar-refractivity contribution in [2.45, 2.75) is 64.5 Å². The molecule has 0 bridgehead atoms. The lowest BCUT2D eigenvalue weighted by molar-refractivity contribution is -0.122. The summed E-state index contributed by atoms with van der Waals surface area (Å²) in [5.41, 5.74) is 1.18. The molecule has 0 saturated heterocycles.